The van der Waals surface area contributed by atoms with E-state index in [9.17, 15) is 4.79 Å². The number of halogens is 1. The number of nitrogens with one attached hydrogen (secondary N) is 2. The summed E-state index contributed by atoms with van der Waals surface area (Å²) in [6.07, 6.45) is 3.25. The van der Waals surface area contributed by atoms with Crippen molar-refractivity contribution in [1.29, 1.82) is 0 Å². The van der Waals surface area contributed by atoms with Crippen LogP contribution in [-0.4, -0.2) is 18.5 Å². The highest BCUT2D eigenvalue weighted by atomic mass is 127. The highest BCUT2D eigenvalue weighted by molar-refractivity contribution is 14.1. The fourth-order valence-corrected chi connectivity index (χ4v) is 2.71. The first-order valence-electron chi connectivity index (χ1n) is 5.97. The number of piperidine rings is 1. The Hall–Kier alpha value is -0.620. The van der Waals surface area contributed by atoms with Gasteiger partial charge >= 0.3 is 0 Å². The van der Waals surface area contributed by atoms with Gasteiger partial charge in [0.05, 0.1) is 6.04 Å². The average molecular weight is 344 g/mol. The van der Waals surface area contributed by atoms with Crippen molar-refractivity contribution >= 4 is 34.2 Å². The van der Waals surface area contributed by atoms with E-state index in [-0.39, 0.29) is 11.9 Å². The topological polar surface area (TPSA) is 41.1 Å². The minimum Gasteiger partial charge on any atom is -0.324 e. The quantitative estimate of drug-likeness (QED) is 0.810. The van der Waals surface area contributed by atoms with Crippen molar-refractivity contribution in [3.05, 3.63) is 27.3 Å². The van der Waals surface area contributed by atoms with Gasteiger partial charge < -0.3 is 10.6 Å². The molecule has 1 unspecified atom stereocenters. The van der Waals surface area contributed by atoms with Crippen LogP contribution < -0.4 is 10.6 Å². The Bertz CT molecular complexity index is 414. The normalized spacial score (nSPS) is 20.0. The van der Waals surface area contributed by atoms with Gasteiger partial charge in [-0.15, -0.1) is 0 Å². The van der Waals surface area contributed by atoms with Crippen LogP contribution in [0.3, 0.4) is 0 Å². The first-order valence-corrected chi connectivity index (χ1v) is 7.05. The number of anilines is 1. The van der Waals surface area contributed by atoms with Crippen molar-refractivity contribution in [2.75, 3.05) is 11.9 Å². The van der Waals surface area contributed by atoms with Crippen LogP contribution in [0.2, 0.25) is 0 Å². The fourth-order valence-electron chi connectivity index (χ4n) is 2.06. The molecule has 4 heteroatoms. The summed E-state index contributed by atoms with van der Waals surface area (Å²) in [5.74, 6) is 0.0917. The molecule has 0 spiro atoms. The zero-order valence-corrected chi connectivity index (χ0v) is 12.1. The van der Waals surface area contributed by atoms with E-state index in [2.05, 4.69) is 39.3 Å². The second kappa shape index (κ2) is 5.82. The van der Waals surface area contributed by atoms with Crippen molar-refractivity contribution in [2.24, 2.45) is 0 Å². The molecule has 2 N–H and O–H groups in total. The third kappa shape index (κ3) is 3.42. The molecule has 0 aliphatic carbocycles. The summed E-state index contributed by atoms with van der Waals surface area (Å²) >= 11 is 2.27. The molecule has 0 saturated carbocycles. The van der Waals surface area contributed by atoms with Gasteiger partial charge in [0.25, 0.3) is 0 Å². The van der Waals surface area contributed by atoms with Crippen LogP contribution in [0.4, 0.5) is 5.69 Å². The highest BCUT2D eigenvalue weighted by Crippen LogP contribution is 2.18. The molecule has 1 fully saturated rings. The smallest absolute Gasteiger partial charge is 0.241 e. The molecule has 92 valence electrons. The van der Waals surface area contributed by atoms with Crippen LogP contribution in [0.5, 0.6) is 0 Å². The number of aryl methyl sites for hydroxylation is 1. The Balaban J connectivity index is 2.02. The van der Waals surface area contributed by atoms with Gasteiger partial charge in [0, 0.05) is 9.26 Å². The van der Waals surface area contributed by atoms with Gasteiger partial charge in [0.1, 0.15) is 0 Å². The number of carbonyl (C=O) groups excluding carboxylic acids is 1. The predicted molar refractivity (Wildman–Crippen MR) is 78.2 cm³/mol. The molecule has 1 amide bonds. The van der Waals surface area contributed by atoms with Gasteiger partial charge in [0.15, 0.2) is 0 Å². The van der Waals surface area contributed by atoms with E-state index in [1.54, 1.807) is 0 Å². The summed E-state index contributed by atoms with van der Waals surface area (Å²) in [4.78, 5) is 12.0. The van der Waals surface area contributed by atoms with E-state index in [0.717, 1.165) is 30.6 Å². The monoisotopic (exact) mass is 344 g/mol. The summed E-state index contributed by atoms with van der Waals surface area (Å²) in [6.45, 7) is 2.97. The van der Waals surface area contributed by atoms with Crippen LogP contribution in [0.1, 0.15) is 24.8 Å². The molecular weight excluding hydrogens is 327 g/mol. The summed E-state index contributed by atoms with van der Waals surface area (Å²) in [7, 11) is 0. The van der Waals surface area contributed by atoms with Gasteiger partial charge in [-0.1, -0.05) is 6.42 Å². The molecule has 0 aromatic heterocycles. The summed E-state index contributed by atoms with van der Waals surface area (Å²) in [5.41, 5.74) is 2.03. The maximum absolute atomic E-state index is 12.0. The molecular formula is C13H17IN2O. The highest BCUT2D eigenvalue weighted by Gasteiger charge is 2.20. The maximum Gasteiger partial charge on any atom is 0.241 e. The molecule has 1 aromatic carbocycles. The second-order valence-electron chi connectivity index (χ2n) is 4.45. The molecule has 3 nitrogen and oxygen atoms in total. The molecule has 0 bridgehead atoms. The fraction of sp³-hybridized carbons (Fsp3) is 0.462. The first kappa shape index (κ1) is 12.8. The van der Waals surface area contributed by atoms with Crippen LogP contribution in [0.25, 0.3) is 0 Å². The molecule has 1 aliphatic heterocycles. The third-order valence-corrected chi connectivity index (χ3v) is 3.74. The molecule has 2 rings (SSSR count). The molecule has 1 atom stereocenters. The molecule has 0 radical (unpaired) electrons. The van der Waals surface area contributed by atoms with Crippen molar-refractivity contribution in [2.45, 2.75) is 32.2 Å². The minimum absolute atomic E-state index is 0.0255. The number of rotatable bonds is 2. The number of amides is 1. The van der Waals surface area contributed by atoms with Crippen molar-refractivity contribution in [3.8, 4) is 0 Å². The zero-order valence-electron chi connectivity index (χ0n) is 9.92. The lowest BCUT2D eigenvalue weighted by molar-refractivity contribution is -0.118. The van der Waals surface area contributed by atoms with Gasteiger partial charge in [-0.25, -0.2) is 0 Å². The second-order valence-corrected chi connectivity index (χ2v) is 5.70. The van der Waals surface area contributed by atoms with E-state index in [4.69, 9.17) is 0 Å². The van der Waals surface area contributed by atoms with Crippen LogP contribution in [0, 0.1) is 10.5 Å². The lowest BCUT2D eigenvalue weighted by Crippen LogP contribution is -2.43. The zero-order chi connectivity index (χ0) is 12.3. The lowest BCUT2D eigenvalue weighted by atomic mass is 10.0. The standard InChI is InChI=1S/C13H17IN2O/c1-9-8-10(14)5-6-11(9)16-13(17)12-4-2-3-7-15-12/h5-6,8,12,15H,2-4,7H2,1H3,(H,16,17). The van der Waals surface area contributed by atoms with Crippen molar-refractivity contribution in [3.63, 3.8) is 0 Å². The molecule has 1 heterocycles. The van der Waals surface area contributed by atoms with E-state index in [0.29, 0.717) is 0 Å². The van der Waals surface area contributed by atoms with Gasteiger partial charge in [-0.2, -0.15) is 0 Å². The first-order chi connectivity index (χ1) is 8.16. The predicted octanol–water partition coefficient (Wildman–Crippen LogP) is 2.68. The Labute approximate surface area is 116 Å². The van der Waals surface area contributed by atoms with Crippen LogP contribution in [0.15, 0.2) is 18.2 Å². The van der Waals surface area contributed by atoms with E-state index >= 15 is 0 Å². The Morgan fingerprint density at radius 1 is 1.47 bits per heavy atom. The molecule has 1 saturated heterocycles. The van der Waals surface area contributed by atoms with Crippen molar-refractivity contribution in [1.82, 2.24) is 5.32 Å². The summed E-state index contributed by atoms with van der Waals surface area (Å²) in [5, 5.41) is 6.26. The van der Waals surface area contributed by atoms with Gasteiger partial charge in [-0.3, -0.25) is 4.79 Å². The number of hydrogen-bond acceptors (Lipinski definition) is 2. The summed E-state index contributed by atoms with van der Waals surface area (Å²) < 4.78 is 1.19. The number of benzene rings is 1. The van der Waals surface area contributed by atoms with Crippen LogP contribution >= 0.6 is 22.6 Å². The minimum atomic E-state index is -0.0255. The number of carbonyl (C=O) groups is 1. The van der Waals surface area contributed by atoms with Crippen LogP contribution in [-0.2, 0) is 4.79 Å². The molecule has 1 aromatic rings. The van der Waals surface area contributed by atoms with Gasteiger partial charge in [0.2, 0.25) is 5.91 Å². The summed E-state index contributed by atoms with van der Waals surface area (Å²) in [6, 6.07) is 6.03. The Morgan fingerprint density at radius 2 is 2.29 bits per heavy atom. The lowest BCUT2D eigenvalue weighted by Gasteiger charge is -2.23. The van der Waals surface area contributed by atoms with Crippen molar-refractivity contribution < 1.29 is 4.79 Å². The third-order valence-electron chi connectivity index (χ3n) is 3.07. The van der Waals surface area contributed by atoms with E-state index in [1.165, 1.54) is 9.99 Å². The van der Waals surface area contributed by atoms with E-state index < -0.39 is 0 Å². The Morgan fingerprint density at radius 3 is 2.94 bits per heavy atom. The molecule has 17 heavy (non-hydrogen) atoms. The average Bonchev–Trinajstić information content (AvgIpc) is 2.34. The largest absolute Gasteiger partial charge is 0.324 e. The molecule has 1 aliphatic rings. The van der Waals surface area contributed by atoms with Gasteiger partial charge in [-0.05, 0) is 72.7 Å². The SMILES string of the molecule is Cc1cc(I)ccc1NC(=O)C1CCCCN1. The Kier molecular flexibility index (Phi) is 4.39. The number of hydrogen-bond donors (Lipinski definition) is 2. The van der Waals surface area contributed by atoms with E-state index in [1.807, 2.05) is 19.1 Å². The maximum atomic E-state index is 12.0.